The van der Waals surface area contributed by atoms with Gasteiger partial charge in [0, 0.05) is 0 Å². The second-order valence-electron chi connectivity index (χ2n) is 0.964. The summed E-state index contributed by atoms with van der Waals surface area (Å²) in [5.41, 5.74) is 0. The number of rotatable bonds is 0. The van der Waals surface area contributed by atoms with Gasteiger partial charge in [0.2, 0.25) is 0 Å². The van der Waals surface area contributed by atoms with Crippen LogP contribution in [0.5, 0.6) is 0 Å². The van der Waals surface area contributed by atoms with Crippen molar-refractivity contribution in [1.82, 2.24) is 4.81 Å². The molecule has 24 valence electrons. The Balaban J connectivity index is -0.0000000450. The molecule has 0 aromatic carbocycles. The Morgan fingerprint density at radius 1 is 1.60 bits per heavy atom. The zero-order valence-electron chi connectivity index (χ0n) is 5.02. The van der Waals surface area contributed by atoms with Crippen molar-refractivity contribution in [2.45, 2.75) is 0 Å². The van der Waals surface area contributed by atoms with Gasteiger partial charge < -0.3 is 6.24 Å². The van der Waals surface area contributed by atoms with Crippen LogP contribution in [0.1, 0.15) is 1.43 Å². The van der Waals surface area contributed by atoms with Crippen molar-refractivity contribution in [3.05, 3.63) is 0 Å². The summed E-state index contributed by atoms with van der Waals surface area (Å²) in [6, 6.07) is 0. The molecule has 0 unspecified atom stereocenters. The standard InChI is InChI=1S/C2H6BN.K.H/c1-4(2)3;;/h1-2H3;;/q;+1;-1. The Morgan fingerprint density at radius 2 is 1.60 bits per heavy atom. The quantitative estimate of drug-likeness (QED) is 0.285. The molecule has 0 rings (SSSR count). The van der Waals surface area contributed by atoms with Crippen molar-refractivity contribution in [1.29, 1.82) is 0 Å². The Labute approximate surface area is 78.4 Å². The van der Waals surface area contributed by atoms with Gasteiger partial charge in [-0.15, -0.1) is 0 Å². The molecule has 0 N–H and O–H groups in total. The van der Waals surface area contributed by atoms with Crippen molar-refractivity contribution in [3.8, 4) is 0 Å². The molecule has 2 radical (unpaired) electrons. The zero-order valence-corrected chi connectivity index (χ0v) is 7.15. The zero-order chi connectivity index (χ0) is 3.58. The number of nitrogens with zero attached hydrogens (tertiary/aromatic N) is 1. The van der Waals surface area contributed by atoms with Crippen molar-refractivity contribution in [3.63, 3.8) is 0 Å². The van der Waals surface area contributed by atoms with Gasteiger partial charge in [-0.2, -0.15) is 0 Å². The van der Waals surface area contributed by atoms with Crippen molar-refractivity contribution >= 4 is 7.98 Å². The molecule has 0 saturated carbocycles. The van der Waals surface area contributed by atoms with Crippen molar-refractivity contribution in [2.24, 2.45) is 0 Å². The molecule has 5 heavy (non-hydrogen) atoms. The van der Waals surface area contributed by atoms with E-state index >= 15 is 0 Å². The molecule has 0 heterocycles. The molecule has 0 spiro atoms. The van der Waals surface area contributed by atoms with E-state index in [9.17, 15) is 0 Å². The van der Waals surface area contributed by atoms with Gasteiger partial charge >= 0.3 is 51.4 Å². The van der Waals surface area contributed by atoms with E-state index in [0.29, 0.717) is 0 Å². The first kappa shape index (κ1) is 9.83. The van der Waals surface area contributed by atoms with E-state index < -0.39 is 0 Å². The molecule has 0 aromatic rings. The Kier molecular flexibility index (Phi) is 11.1. The van der Waals surface area contributed by atoms with Crippen molar-refractivity contribution < 1.29 is 52.8 Å². The van der Waals surface area contributed by atoms with Gasteiger partial charge in [-0.1, -0.05) is 0 Å². The molecule has 0 bridgehead atoms. The summed E-state index contributed by atoms with van der Waals surface area (Å²) in [7, 11) is 8.50. The minimum atomic E-state index is 0. The molecular weight excluding hydrogens is 87.9 g/mol. The monoisotopic (exact) mass is 95.0 g/mol. The molecule has 0 aliphatic heterocycles. The average molecular weight is 95.0 g/mol. The summed E-state index contributed by atoms with van der Waals surface area (Å²) in [6.45, 7) is 0. The number of hydrogen-bond donors (Lipinski definition) is 0. The maximum absolute atomic E-state index is 4.94. The summed E-state index contributed by atoms with van der Waals surface area (Å²) in [4.78, 5) is 1.50. The first-order valence-electron chi connectivity index (χ1n) is 1.15. The van der Waals surface area contributed by atoms with Crippen LogP contribution in [0.3, 0.4) is 0 Å². The van der Waals surface area contributed by atoms with Gasteiger partial charge in [0.1, 0.15) is 0 Å². The predicted molar refractivity (Wildman–Crippen MR) is 20.6 cm³/mol. The maximum atomic E-state index is 4.94. The fourth-order valence-corrected chi connectivity index (χ4v) is 0. The van der Waals surface area contributed by atoms with E-state index in [-0.39, 0.29) is 52.8 Å². The average Bonchev–Trinajstić information content (AvgIpc) is 0.811. The fraction of sp³-hybridized carbons (Fsp3) is 1.00. The predicted octanol–water partition coefficient (Wildman–Crippen LogP) is -3.25. The molecule has 3 heteroatoms. The van der Waals surface area contributed by atoms with Crippen molar-refractivity contribution in [2.75, 3.05) is 14.1 Å². The molecule has 0 aliphatic carbocycles. The smallest absolute Gasteiger partial charge is 1.00 e. The van der Waals surface area contributed by atoms with Crippen LogP contribution in [-0.4, -0.2) is 26.9 Å². The van der Waals surface area contributed by atoms with Crippen LogP contribution >= 0.6 is 0 Å². The van der Waals surface area contributed by atoms with E-state index in [4.69, 9.17) is 7.98 Å². The number of hydrogen-bond acceptors (Lipinski definition) is 1. The van der Waals surface area contributed by atoms with Gasteiger partial charge in [0.15, 0.2) is 7.98 Å². The summed E-state index contributed by atoms with van der Waals surface area (Å²) >= 11 is 0. The third-order valence-corrected chi connectivity index (χ3v) is 0. The van der Waals surface area contributed by atoms with E-state index in [0.717, 1.165) is 0 Å². The second-order valence-corrected chi connectivity index (χ2v) is 0.964. The van der Waals surface area contributed by atoms with Crippen LogP contribution in [0, 0.1) is 0 Å². The minimum absolute atomic E-state index is 0. The van der Waals surface area contributed by atoms with Crippen LogP contribution in [-0.2, 0) is 0 Å². The molecule has 1 nitrogen and oxygen atoms in total. The molecule has 0 amide bonds. The van der Waals surface area contributed by atoms with Crippen LogP contribution in [0.2, 0.25) is 0 Å². The molecule has 0 atom stereocenters. The van der Waals surface area contributed by atoms with Gasteiger partial charge in [-0.3, -0.25) is 0 Å². The topological polar surface area (TPSA) is 3.24 Å². The molecule has 0 fully saturated rings. The SMILES string of the molecule is [B]N(C)C.[H-].[K+]. The molecular formula is C2H7BKN. The maximum Gasteiger partial charge on any atom is 1.00 e. The van der Waals surface area contributed by atoms with Gasteiger partial charge in [0.25, 0.3) is 0 Å². The Bertz CT molecular complexity index is 18.3. The summed E-state index contributed by atoms with van der Waals surface area (Å²) in [5.74, 6) is 0. The summed E-state index contributed by atoms with van der Waals surface area (Å²) in [5, 5.41) is 0. The Hall–Kier alpha value is 1.66. The first-order valence-corrected chi connectivity index (χ1v) is 1.15. The third-order valence-electron chi connectivity index (χ3n) is 0. The molecule has 0 aromatic heterocycles. The van der Waals surface area contributed by atoms with Crippen LogP contribution in [0.4, 0.5) is 0 Å². The minimum Gasteiger partial charge on any atom is -1.00 e. The van der Waals surface area contributed by atoms with Gasteiger partial charge in [-0.25, -0.2) is 0 Å². The largest absolute Gasteiger partial charge is 1.00 e. The second kappa shape index (κ2) is 5.66. The first-order chi connectivity index (χ1) is 1.73. The molecule has 0 saturated heterocycles. The third kappa shape index (κ3) is 27.5. The fourth-order valence-electron chi connectivity index (χ4n) is 0. The van der Waals surface area contributed by atoms with Crippen LogP contribution in [0.25, 0.3) is 0 Å². The summed E-state index contributed by atoms with van der Waals surface area (Å²) < 4.78 is 0. The Morgan fingerprint density at radius 3 is 1.60 bits per heavy atom. The van der Waals surface area contributed by atoms with Gasteiger partial charge in [-0.05, 0) is 14.1 Å². The van der Waals surface area contributed by atoms with E-state index in [1.54, 1.807) is 14.1 Å². The van der Waals surface area contributed by atoms with Crippen LogP contribution in [0.15, 0.2) is 0 Å². The van der Waals surface area contributed by atoms with E-state index in [2.05, 4.69) is 0 Å². The van der Waals surface area contributed by atoms with Crippen LogP contribution < -0.4 is 51.4 Å². The molecule has 0 aliphatic rings. The van der Waals surface area contributed by atoms with Gasteiger partial charge in [0.05, 0.1) is 0 Å². The normalized spacial score (nSPS) is 7.00. The van der Waals surface area contributed by atoms with E-state index in [1.165, 1.54) is 4.81 Å². The summed E-state index contributed by atoms with van der Waals surface area (Å²) in [6.07, 6.45) is 0. The van der Waals surface area contributed by atoms with E-state index in [1.807, 2.05) is 0 Å².